The third kappa shape index (κ3) is 42.7. The topological polar surface area (TPSA) is 40.5 Å². The first-order chi connectivity index (χ1) is 2.00. The van der Waals surface area contributed by atoms with E-state index in [1.165, 1.54) is 0 Å². The molecule has 0 unspecified atom stereocenters. The van der Waals surface area contributed by atoms with Crippen molar-refractivity contribution in [3.05, 3.63) is 0 Å². The molecule has 0 aromatic heterocycles. The Morgan fingerprint density at radius 2 is 1.20 bits per heavy atom. The summed E-state index contributed by atoms with van der Waals surface area (Å²) in [4.78, 5) is 0. The quantitative estimate of drug-likeness (QED) is 0.539. The number of hydrogen-bond donors (Lipinski definition) is 2. The number of rotatable bonds is 0. The second kappa shape index (κ2) is 1.67. The van der Waals surface area contributed by atoms with E-state index in [9.17, 15) is 0 Å². The molecule has 0 spiro atoms. The molecule has 0 heterocycles. The Balaban J connectivity index is 4.06. The first kappa shape index (κ1) is 6.05. The van der Waals surface area contributed by atoms with Crippen LogP contribution >= 0.6 is 19.6 Å². The Morgan fingerprint density at radius 1 is 1.20 bits per heavy atom. The maximum atomic E-state index is 7.90. The molecule has 0 aromatic carbocycles. The van der Waals surface area contributed by atoms with E-state index in [1.807, 2.05) is 0 Å². The van der Waals surface area contributed by atoms with Crippen molar-refractivity contribution < 1.29 is 20.7 Å². The van der Waals surface area contributed by atoms with Gasteiger partial charge in [0.25, 0.3) is 0 Å². The minimum atomic E-state index is -3.85. The summed E-state index contributed by atoms with van der Waals surface area (Å²) in [7, 11) is 7.88. The molecule has 0 aliphatic carbocycles. The zero-order chi connectivity index (χ0) is 4.50. The fraction of sp³-hybridized carbons (Fsp3) is 0. The van der Waals surface area contributed by atoms with Gasteiger partial charge in [-0.15, -0.1) is 0 Å². The van der Waals surface area contributed by atoms with Gasteiger partial charge in [0, 0.05) is 0 Å². The summed E-state index contributed by atoms with van der Waals surface area (Å²) in [6, 6.07) is 0. The van der Waals surface area contributed by atoms with E-state index in [1.54, 1.807) is 0 Å². The van der Waals surface area contributed by atoms with Gasteiger partial charge in [-0.2, -0.15) is 0 Å². The van der Waals surface area contributed by atoms with E-state index in [2.05, 4.69) is 19.6 Å². The summed E-state index contributed by atoms with van der Waals surface area (Å²) in [5, 5.41) is 0. The van der Waals surface area contributed by atoms with Crippen LogP contribution in [0.15, 0.2) is 0 Å². The van der Waals surface area contributed by atoms with Gasteiger partial charge in [-0.3, -0.25) is 0 Å². The van der Waals surface area contributed by atoms with Gasteiger partial charge in [-0.25, -0.2) is 0 Å². The summed E-state index contributed by atoms with van der Waals surface area (Å²) < 4.78 is 15.8. The first-order valence-corrected chi connectivity index (χ1v) is 8.08. The van der Waals surface area contributed by atoms with Gasteiger partial charge in [0.15, 0.2) is 0 Å². The average molecular weight is 194 g/mol. The molecular weight excluding hydrogens is 192 g/mol. The summed E-state index contributed by atoms with van der Waals surface area (Å²) in [5.41, 5.74) is 0. The molecular formula is H2MoO2S2. The fourth-order valence-electron chi connectivity index (χ4n) is 0. The molecule has 32 valence electrons. The third-order valence-corrected chi connectivity index (χ3v) is 0. The van der Waals surface area contributed by atoms with E-state index < -0.39 is 13.2 Å². The van der Waals surface area contributed by atoms with E-state index >= 15 is 0 Å². The SMILES string of the molecule is [OH][Mo]([OH])(=[S])=[S]. The molecule has 0 bridgehead atoms. The number of hydrogen-bond acceptors (Lipinski definition) is 2. The van der Waals surface area contributed by atoms with E-state index in [0.29, 0.717) is 0 Å². The molecule has 0 atom stereocenters. The summed E-state index contributed by atoms with van der Waals surface area (Å²) in [5.74, 6) is 0. The van der Waals surface area contributed by atoms with Gasteiger partial charge in [0.2, 0.25) is 0 Å². The van der Waals surface area contributed by atoms with Crippen LogP contribution in [0.2, 0.25) is 0 Å². The Bertz CT molecular complexity index is 90.8. The van der Waals surface area contributed by atoms with Gasteiger partial charge in [-0.1, -0.05) is 0 Å². The van der Waals surface area contributed by atoms with E-state index in [4.69, 9.17) is 7.52 Å². The van der Waals surface area contributed by atoms with Gasteiger partial charge < -0.3 is 0 Å². The zero-order valence-corrected chi connectivity index (χ0v) is 5.76. The van der Waals surface area contributed by atoms with Crippen LogP contribution in [0.5, 0.6) is 0 Å². The average Bonchev–Trinajstić information content (AvgIpc) is 0.722. The van der Waals surface area contributed by atoms with Crippen molar-refractivity contribution in [3.63, 3.8) is 0 Å². The molecule has 0 rings (SSSR count). The molecule has 0 aliphatic rings. The van der Waals surface area contributed by atoms with Gasteiger partial charge >= 0.3 is 40.3 Å². The van der Waals surface area contributed by atoms with Gasteiger partial charge in [-0.05, 0) is 0 Å². The van der Waals surface area contributed by atoms with Gasteiger partial charge in [0.05, 0.1) is 0 Å². The van der Waals surface area contributed by atoms with Crippen LogP contribution < -0.4 is 0 Å². The second-order valence-electron chi connectivity index (χ2n) is 0.448. The molecule has 0 aliphatic heterocycles. The molecule has 0 radical (unpaired) electrons. The van der Waals surface area contributed by atoms with Crippen molar-refractivity contribution in [2.24, 2.45) is 0 Å². The molecule has 0 aromatic rings. The predicted molar refractivity (Wildman–Crippen MR) is 19.6 cm³/mol. The molecule has 2 N–H and O–H groups in total. The summed E-state index contributed by atoms with van der Waals surface area (Å²) >= 11 is -3.85. The molecule has 0 fully saturated rings. The first-order valence-electron chi connectivity index (χ1n) is 0.698. The van der Waals surface area contributed by atoms with Crippen LogP contribution in [0.1, 0.15) is 0 Å². The Morgan fingerprint density at radius 3 is 1.20 bits per heavy atom. The zero-order valence-electron chi connectivity index (χ0n) is 2.12. The van der Waals surface area contributed by atoms with Crippen molar-refractivity contribution in [2.45, 2.75) is 0 Å². The van der Waals surface area contributed by atoms with Gasteiger partial charge in [0.1, 0.15) is 0 Å². The van der Waals surface area contributed by atoms with Crippen LogP contribution in [-0.4, -0.2) is 7.52 Å². The van der Waals surface area contributed by atoms with Crippen LogP contribution in [0.3, 0.4) is 0 Å². The Labute approximate surface area is 40.4 Å². The Kier molecular flexibility index (Phi) is 2.01. The summed E-state index contributed by atoms with van der Waals surface area (Å²) in [6.45, 7) is 0. The van der Waals surface area contributed by atoms with Crippen LogP contribution in [0.4, 0.5) is 0 Å². The predicted octanol–water partition coefficient (Wildman–Crippen LogP) is 0.180. The molecule has 0 amide bonds. The van der Waals surface area contributed by atoms with Crippen molar-refractivity contribution >= 4 is 19.6 Å². The van der Waals surface area contributed by atoms with E-state index in [-0.39, 0.29) is 0 Å². The Hall–Kier alpha value is 1.05. The van der Waals surface area contributed by atoms with Crippen molar-refractivity contribution in [1.82, 2.24) is 0 Å². The van der Waals surface area contributed by atoms with E-state index in [0.717, 1.165) is 0 Å². The van der Waals surface area contributed by atoms with Crippen LogP contribution in [0.25, 0.3) is 0 Å². The normalized spacial score (nSPS) is 11.6. The van der Waals surface area contributed by atoms with Crippen LogP contribution in [0, 0.1) is 0 Å². The molecule has 2 nitrogen and oxygen atoms in total. The molecule has 0 saturated carbocycles. The van der Waals surface area contributed by atoms with Crippen molar-refractivity contribution in [3.8, 4) is 0 Å². The van der Waals surface area contributed by atoms with Crippen molar-refractivity contribution in [1.29, 1.82) is 0 Å². The van der Waals surface area contributed by atoms with Crippen LogP contribution in [-0.2, 0) is 13.2 Å². The molecule has 0 saturated heterocycles. The van der Waals surface area contributed by atoms with Crippen molar-refractivity contribution in [2.75, 3.05) is 0 Å². The summed E-state index contributed by atoms with van der Waals surface area (Å²) in [6.07, 6.45) is 0. The standard InChI is InChI=1S/Mo.2H2O.2S/h;2*1H2;;/q+2;;;;/p-2. The maximum absolute atomic E-state index is 7.90. The monoisotopic (exact) mass is 196 g/mol. The molecule has 5 heavy (non-hydrogen) atoms. The fourth-order valence-corrected chi connectivity index (χ4v) is 0. The second-order valence-corrected chi connectivity index (χ2v) is 9.40. The molecule has 5 heteroatoms. The minimum absolute atomic E-state index is 3.85. The third-order valence-electron chi connectivity index (χ3n) is 0.